The molecule has 0 unspecified atom stereocenters. The van der Waals surface area contributed by atoms with Crippen LogP contribution in [0.3, 0.4) is 0 Å². The minimum absolute atomic E-state index is 0.347. The number of imide groups is 2. The first-order valence-corrected chi connectivity index (χ1v) is 7.52. The SMILES string of the molecule is CC(C)(C)C(=O)NC(=O)C1(C(=O)NC(=O)C(C)(C)C)CCC1. The highest BCUT2D eigenvalue weighted by Crippen LogP contribution is 2.41. The lowest BCUT2D eigenvalue weighted by Gasteiger charge is -2.39. The Labute approximate surface area is 131 Å². The molecule has 124 valence electrons. The summed E-state index contributed by atoms with van der Waals surface area (Å²) in [6, 6.07) is 0. The third kappa shape index (κ3) is 3.72. The third-order valence-electron chi connectivity index (χ3n) is 3.89. The van der Waals surface area contributed by atoms with Gasteiger partial charge in [0, 0.05) is 10.8 Å². The van der Waals surface area contributed by atoms with Crippen LogP contribution < -0.4 is 10.6 Å². The topological polar surface area (TPSA) is 92.3 Å². The second-order valence-electron chi connectivity index (χ2n) is 8.00. The van der Waals surface area contributed by atoms with E-state index in [-0.39, 0.29) is 0 Å². The van der Waals surface area contributed by atoms with Crippen molar-refractivity contribution >= 4 is 23.6 Å². The molecule has 0 aromatic carbocycles. The van der Waals surface area contributed by atoms with E-state index in [1.807, 2.05) is 0 Å². The van der Waals surface area contributed by atoms with E-state index in [0.717, 1.165) is 0 Å². The number of hydrogen-bond acceptors (Lipinski definition) is 4. The Bertz CT molecular complexity index is 463. The summed E-state index contributed by atoms with van der Waals surface area (Å²) in [5.41, 5.74) is -2.75. The van der Waals surface area contributed by atoms with Crippen molar-refractivity contribution < 1.29 is 19.2 Å². The van der Waals surface area contributed by atoms with Crippen molar-refractivity contribution in [1.29, 1.82) is 0 Å². The van der Waals surface area contributed by atoms with Gasteiger partial charge in [0.05, 0.1) is 0 Å². The van der Waals surface area contributed by atoms with E-state index < -0.39 is 39.9 Å². The Morgan fingerprint density at radius 1 is 0.727 bits per heavy atom. The molecule has 0 radical (unpaired) electrons. The molecule has 2 N–H and O–H groups in total. The zero-order chi connectivity index (χ0) is 17.3. The number of rotatable bonds is 2. The minimum atomic E-state index is -1.30. The van der Waals surface area contributed by atoms with Gasteiger partial charge < -0.3 is 0 Å². The lowest BCUT2D eigenvalue weighted by atomic mass is 9.67. The van der Waals surface area contributed by atoms with Crippen molar-refractivity contribution in [2.45, 2.75) is 60.8 Å². The smallest absolute Gasteiger partial charge is 0.242 e. The molecule has 1 saturated carbocycles. The number of hydrogen-bond donors (Lipinski definition) is 2. The Morgan fingerprint density at radius 3 is 1.23 bits per heavy atom. The van der Waals surface area contributed by atoms with Crippen molar-refractivity contribution in [1.82, 2.24) is 10.6 Å². The van der Waals surface area contributed by atoms with Crippen LogP contribution in [0.15, 0.2) is 0 Å². The maximum absolute atomic E-state index is 12.4. The van der Waals surface area contributed by atoms with Crippen LogP contribution in [-0.2, 0) is 19.2 Å². The molecule has 6 heteroatoms. The van der Waals surface area contributed by atoms with Crippen LogP contribution in [0.25, 0.3) is 0 Å². The van der Waals surface area contributed by atoms with Crippen molar-refractivity contribution in [3.05, 3.63) is 0 Å². The van der Waals surface area contributed by atoms with Crippen LogP contribution in [0.4, 0.5) is 0 Å². The summed E-state index contributed by atoms with van der Waals surface area (Å²) in [7, 11) is 0. The van der Waals surface area contributed by atoms with Crippen LogP contribution >= 0.6 is 0 Å². The summed E-state index contributed by atoms with van der Waals surface area (Å²) < 4.78 is 0. The lowest BCUT2D eigenvalue weighted by molar-refractivity contribution is -0.153. The fourth-order valence-electron chi connectivity index (χ4n) is 1.91. The van der Waals surface area contributed by atoms with Crippen molar-refractivity contribution in [3.8, 4) is 0 Å². The van der Waals surface area contributed by atoms with Gasteiger partial charge in [0.15, 0.2) is 0 Å². The molecule has 0 aromatic rings. The molecule has 1 aliphatic carbocycles. The van der Waals surface area contributed by atoms with Gasteiger partial charge in [0.1, 0.15) is 5.41 Å². The Kier molecular flexibility index (Phi) is 4.85. The first kappa shape index (κ1) is 18.3. The van der Waals surface area contributed by atoms with Gasteiger partial charge in [-0.05, 0) is 12.8 Å². The number of amides is 4. The molecule has 6 nitrogen and oxygen atoms in total. The molecular formula is C16H26N2O4. The molecule has 0 bridgehead atoms. The van der Waals surface area contributed by atoms with E-state index in [1.54, 1.807) is 41.5 Å². The van der Waals surface area contributed by atoms with Crippen molar-refractivity contribution in [2.24, 2.45) is 16.2 Å². The summed E-state index contributed by atoms with van der Waals surface area (Å²) in [6.07, 6.45) is 1.41. The molecule has 1 aliphatic rings. The predicted octanol–water partition coefficient (Wildman–Crippen LogP) is 1.53. The molecule has 4 amide bonds. The molecule has 1 rings (SSSR count). The number of carbonyl (C=O) groups is 4. The van der Waals surface area contributed by atoms with Crippen molar-refractivity contribution in [3.63, 3.8) is 0 Å². The fraction of sp³-hybridized carbons (Fsp3) is 0.750. The van der Waals surface area contributed by atoms with Crippen LogP contribution in [0.2, 0.25) is 0 Å². The molecule has 0 atom stereocenters. The zero-order valence-electron chi connectivity index (χ0n) is 14.3. The van der Waals surface area contributed by atoms with Gasteiger partial charge in [0.2, 0.25) is 23.6 Å². The molecule has 0 saturated heterocycles. The maximum Gasteiger partial charge on any atom is 0.242 e. The molecule has 0 spiro atoms. The van der Waals surface area contributed by atoms with Gasteiger partial charge in [-0.25, -0.2) is 0 Å². The quantitative estimate of drug-likeness (QED) is 0.757. The van der Waals surface area contributed by atoms with Crippen molar-refractivity contribution in [2.75, 3.05) is 0 Å². The van der Waals surface area contributed by atoms with Crippen LogP contribution in [0.5, 0.6) is 0 Å². The largest absolute Gasteiger partial charge is 0.295 e. The highest BCUT2D eigenvalue weighted by molar-refractivity contribution is 6.14. The summed E-state index contributed by atoms with van der Waals surface area (Å²) in [6.45, 7) is 10.1. The van der Waals surface area contributed by atoms with Gasteiger partial charge in [-0.3, -0.25) is 29.8 Å². The second kappa shape index (κ2) is 5.82. The van der Waals surface area contributed by atoms with Gasteiger partial charge >= 0.3 is 0 Å². The standard InChI is InChI=1S/C16H26N2O4/c1-14(2,3)10(19)17-12(21)16(8-7-9-16)13(22)18-11(20)15(4,5)6/h7-9H2,1-6H3,(H,17,19,21)(H,18,20,22). The van der Waals surface area contributed by atoms with Gasteiger partial charge in [0.25, 0.3) is 0 Å². The van der Waals surface area contributed by atoms with E-state index in [1.165, 1.54) is 0 Å². The molecule has 22 heavy (non-hydrogen) atoms. The van der Waals surface area contributed by atoms with Crippen LogP contribution in [0.1, 0.15) is 60.8 Å². The molecule has 0 heterocycles. The van der Waals surface area contributed by atoms with E-state index in [0.29, 0.717) is 19.3 Å². The second-order valence-corrected chi connectivity index (χ2v) is 8.00. The predicted molar refractivity (Wildman–Crippen MR) is 81.5 cm³/mol. The summed E-state index contributed by atoms with van der Waals surface area (Å²) >= 11 is 0. The Hall–Kier alpha value is -1.72. The molecule has 0 aromatic heterocycles. The first-order valence-electron chi connectivity index (χ1n) is 7.52. The summed E-state index contributed by atoms with van der Waals surface area (Å²) in [4.78, 5) is 48.6. The lowest BCUT2D eigenvalue weighted by Crippen LogP contribution is -2.59. The third-order valence-corrected chi connectivity index (χ3v) is 3.89. The fourth-order valence-corrected chi connectivity index (χ4v) is 1.91. The monoisotopic (exact) mass is 310 g/mol. The van der Waals surface area contributed by atoms with E-state index in [2.05, 4.69) is 10.6 Å². The van der Waals surface area contributed by atoms with Gasteiger partial charge in [-0.2, -0.15) is 0 Å². The van der Waals surface area contributed by atoms with E-state index in [9.17, 15) is 19.2 Å². The van der Waals surface area contributed by atoms with Gasteiger partial charge in [-0.15, -0.1) is 0 Å². The summed E-state index contributed by atoms with van der Waals surface area (Å²) in [5, 5.41) is 4.61. The Balaban J connectivity index is 2.84. The minimum Gasteiger partial charge on any atom is -0.295 e. The van der Waals surface area contributed by atoms with E-state index in [4.69, 9.17) is 0 Å². The normalized spacial score (nSPS) is 17.2. The van der Waals surface area contributed by atoms with Crippen LogP contribution in [0, 0.1) is 16.2 Å². The average Bonchev–Trinajstić information content (AvgIpc) is 2.24. The average molecular weight is 310 g/mol. The highest BCUT2D eigenvalue weighted by Gasteiger charge is 2.52. The highest BCUT2D eigenvalue weighted by atomic mass is 16.2. The molecule has 0 aliphatic heterocycles. The van der Waals surface area contributed by atoms with E-state index >= 15 is 0 Å². The summed E-state index contributed by atoms with van der Waals surface area (Å²) in [5.74, 6) is -2.09. The van der Waals surface area contributed by atoms with Gasteiger partial charge in [-0.1, -0.05) is 48.0 Å². The molecule has 1 fully saturated rings. The maximum atomic E-state index is 12.4. The Morgan fingerprint density at radius 2 is 1.05 bits per heavy atom. The van der Waals surface area contributed by atoms with Crippen LogP contribution in [-0.4, -0.2) is 23.6 Å². The number of nitrogens with one attached hydrogen (secondary N) is 2. The number of carbonyl (C=O) groups excluding carboxylic acids is 4. The first-order chi connectivity index (χ1) is 9.80. The molecular weight excluding hydrogens is 284 g/mol. The zero-order valence-corrected chi connectivity index (χ0v) is 14.3.